The maximum atomic E-state index is 12.5. The molecule has 0 aromatic carbocycles. The van der Waals surface area contributed by atoms with Gasteiger partial charge in [-0.05, 0) is 15.9 Å². The minimum absolute atomic E-state index is 0.0557. The summed E-state index contributed by atoms with van der Waals surface area (Å²) in [5.41, 5.74) is -1.42. The number of carboxylic acid groups (broad SMARTS) is 1. The Labute approximate surface area is 180 Å². The first-order valence-electron chi connectivity index (χ1n) is 8.42. The van der Waals surface area contributed by atoms with Crippen molar-refractivity contribution < 1.29 is 29.0 Å². The Hall–Kier alpha value is -2.87. The van der Waals surface area contributed by atoms with E-state index in [1.165, 1.54) is 18.7 Å². The molecule has 3 N–H and O–H groups in total. The lowest BCUT2D eigenvalue weighted by Gasteiger charge is -2.49. The Morgan fingerprint density at radius 3 is 2.70 bits per heavy atom. The summed E-state index contributed by atoms with van der Waals surface area (Å²) in [6.45, 7) is 0.489. The van der Waals surface area contributed by atoms with Crippen LogP contribution in [0.2, 0.25) is 0 Å². The van der Waals surface area contributed by atoms with Crippen LogP contribution in [0, 0.1) is 0 Å². The molecule has 1 aromatic heterocycles. The number of carbonyl (C=O) groups excluding carboxylic acids is 3. The van der Waals surface area contributed by atoms with E-state index >= 15 is 0 Å². The minimum atomic E-state index is -1.34. The lowest BCUT2D eigenvalue weighted by Crippen LogP contribution is -2.70. The molecule has 2 amide bonds. The van der Waals surface area contributed by atoms with Gasteiger partial charge in [-0.2, -0.15) is 0 Å². The van der Waals surface area contributed by atoms with Crippen molar-refractivity contribution in [3.05, 3.63) is 42.8 Å². The topological polar surface area (TPSA) is 168 Å². The molecule has 12 nitrogen and oxygen atoms in total. The van der Waals surface area contributed by atoms with E-state index in [9.17, 15) is 33.9 Å². The van der Waals surface area contributed by atoms with Crippen molar-refractivity contribution in [3.8, 4) is 0 Å². The van der Waals surface area contributed by atoms with E-state index in [1.807, 2.05) is 4.98 Å². The molecule has 1 saturated heterocycles. The molecule has 30 heavy (non-hydrogen) atoms. The van der Waals surface area contributed by atoms with E-state index in [0.29, 0.717) is 0 Å². The average Bonchev–Trinajstić information content (AvgIpc) is 2.67. The van der Waals surface area contributed by atoms with Crippen molar-refractivity contribution >= 4 is 51.4 Å². The first-order chi connectivity index (χ1) is 14.1. The van der Waals surface area contributed by atoms with Crippen LogP contribution in [0.15, 0.2) is 31.5 Å². The van der Waals surface area contributed by atoms with Crippen LogP contribution in [0.5, 0.6) is 0 Å². The number of aromatic nitrogens is 2. The summed E-state index contributed by atoms with van der Waals surface area (Å²) in [6, 6.07) is -0.978. The van der Waals surface area contributed by atoms with Gasteiger partial charge in [0.25, 0.3) is 11.5 Å². The first kappa shape index (κ1) is 21.8. The zero-order valence-corrected chi connectivity index (χ0v) is 17.7. The van der Waals surface area contributed by atoms with E-state index < -0.39 is 53.0 Å². The molecule has 0 radical (unpaired) electrons. The van der Waals surface area contributed by atoms with E-state index in [4.69, 9.17) is 4.74 Å². The molecule has 3 rings (SSSR count). The predicted molar refractivity (Wildman–Crippen MR) is 105 cm³/mol. The maximum absolute atomic E-state index is 12.5. The standard InChI is InChI=1S/C16H15BrN4O8S/c1-6(22)29-4-7-5-30-14-10(13(25)21(14)11(7)15(26)27)18-9(23)3-20-2-8(17)12(24)19-16(20)28/h2,10,14H,3-5H2,1H3,(H,18,23)(H,26,27)(H,19,24,28)/t10-,14-/m1/s1. The third-order valence-corrected chi connectivity index (χ3v) is 6.20. The lowest BCUT2D eigenvalue weighted by atomic mass is 10.0. The van der Waals surface area contributed by atoms with Crippen LogP contribution < -0.4 is 16.6 Å². The van der Waals surface area contributed by atoms with Crippen LogP contribution in [0.3, 0.4) is 0 Å². The van der Waals surface area contributed by atoms with Gasteiger partial charge >= 0.3 is 17.6 Å². The second kappa shape index (κ2) is 8.47. The molecule has 2 atom stereocenters. The summed E-state index contributed by atoms with van der Waals surface area (Å²) in [4.78, 5) is 73.7. The number of rotatable bonds is 6. The highest BCUT2D eigenvalue weighted by atomic mass is 79.9. The molecule has 1 fully saturated rings. The number of amides is 2. The summed E-state index contributed by atoms with van der Waals surface area (Å²) >= 11 is 4.17. The van der Waals surface area contributed by atoms with Crippen molar-refractivity contribution in [1.82, 2.24) is 19.8 Å². The number of H-pyrrole nitrogens is 1. The Kier molecular flexibility index (Phi) is 6.17. The van der Waals surface area contributed by atoms with Gasteiger partial charge in [0.1, 0.15) is 30.3 Å². The Balaban J connectivity index is 1.72. The number of β-lactam (4-membered cyclic amide) rings is 1. The van der Waals surface area contributed by atoms with E-state index in [1.54, 1.807) is 0 Å². The third kappa shape index (κ3) is 4.18. The Bertz CT molecular complexity index is 1090. The van der Waals surface area contributed by atoms with Gasteiger partial charge in [0.15, 0.2) is 0 Å². The van der Waals surface area contributed by atoms with Gasteiger partial charge in [-0.3, -0.25) is 33.6 Å². The Morgan fingerprint density at radius 2 is 2.07 bits per heavy atom. The molecule has 3 heterocycles. The van der Waals surface area contributed by atoms with E-state index in [0.717, 1.165) is 15.7 Å². The van der Waals surface area contributed by atoms with Gasteiger partial charge in [-0.15, -0.1) is 11.8 Å². The number of aliphatic carboxylic acids is 1. The van der Waals surface area contributed by atoms with E-state index in [-0.39, 0.29) is 28.1 Å². The Morgan fingerprint density at radius 1 is 1.37 bits per heavy atom. The molecule has 0 aliphatic carbocycles. The zero-order chi connectivity index (χ0) is 22.2. The number of hydrogen-bond acceptors (Lipinski definition) is 8. The summed E-state index contributed by atoms with van der Waals surface area (Å²) in [5.74, 6) is -3.02. The zero-order valence-electron chi connectivity index (χ0n) is 15.3. The number of carbonyl (C=O) groups is 4. The highest BCUT2D eigenvalue weighted by Crippen LogP contribution is 2.40. The monoisotopic (exact) mass is 502 g/mol. The van der Waals surface area contributed by atoms with Gasteiger partial charge in [0, 0.05) is 24.4 Å². The van der Waals surface area contributed by atoms with Gasteiger partial charge in [-0.1, -0.05) is 0 Å². The summed E-state index contributed by atoms with van der Waals surface area (Å²) < 4.78 is 5.86. The molecule has 14 heteroatoms. The largest absolute Gasteiger partial charge is 0.477 e. The SMILES string of the molecule is CC(=O)OCC1=C(C(=O)O)N2C(=O)[C@@H](NC(=O)Cn3cc(Br)c(=O)[nH]c3=O)[C@H]2SC1. The average molecular weight is 503 g/mol. The predicted octanol–water partition coefficient (Wildman–Crippen LogP) is -1.40. The van der Waals surface area contributed by atoms with Crippen LogP contribution in [0.1, 0.15) is 6.92 Å². The van der Waals surface area contributed by atoms with Crippen molar-refractivity contribution in [1.29, 1.82) is 0 Å². The molecule has 0 bridgehead atoms. The number of aromatic amines is 1. The summed E-state index contributed by atoms with van der Waals surface area (Å²) in [5, 5.41) is 11.3. The minimum Gasteiger partial charge on any atom is -0.477 e. The number of esters is 1. The van der Waals surface area contributed by atoms with Crippen LogP contribution in [0.4, 0.5) is 0 Å². The second-order valence-corrected chi connectivity index (χ2v) is 8.32. The summed E-state index contributed by atoms with van der Waals surface area (Å²) in [7, 11) is 0. The molecular weight excluding hydrogens is 488 g/mol. The number of thioether (sulfide) groups is 1. The second-order valence-electron chi connectivity index (χ2n) is 6.36. The number of halogens is 1. The maximum Gasteiger partial charge on any atom is 0.352 e. The van der Waals surface area contributed by atoms with Gasteiger partial charge in [-0.25, -0.2) is 9.59 Å². The molecule has 0 spiro atoms. The van der Waals surface area contributed by atoms with Gasteiger partial charge in [0.2, 0.25) is 5.91 Å². The number of fused-ring (bicyclic) bond motifs is 1. The molecule has 0 saturated carbocycles. The number of nitrogens with zero attached hydrogens (tertiary/aromatic N) is 2. The quantitative estimate of drug-likeness (QED) is 0.312. The molecule has 2 aliphatic rings. The molecule has 2 aliphatic heterocycles. The highest BCUT2D eigenvalue weighted by molar-refractivity contribution is 9.10. The van der Waals surface area contributed by atoms with Gasteiger partial charge in [0.05, 0.1) is 4.47 Å². The fourth-order valence-electron chi connectivity index (χ4n) is 2.96. The third-order valence-electron chi connectivity index (χ3n) is 4.30. The van der Waals surface area contributed by atoms with Crippen LogP contribution in [-0.2, 0) is 30.5 Å². The fourth-order valence-corrected chi connectivity index (χ4v) is 4.63. The first-order valence-corrected chi connectivity index (χ1v) is 10.3. The molecular formula is C16H15BrN4O8S. The summed E-state index contributed by atoms with van der Waals surface area (Å²) in [6.07, 6.45) is 1.15. The fraction of sp³-hybridized carbons (Fsp3) is 0.375. The van der Waals surface area contributed by atoms with Crippen molar-refractivity contribution in [2.24, 2.45) is 0 Å². The number of carboxylic acids is 1. The smallest absolute Gasteiger partial charge is 0.352 e. The van der Waals surface area contributed by atoms with Crippen molar-refractivity contribution in [2.45, 2.75) is 24.9 Å². The van der Waals surface area contributed by atoms with Crippen LogP contribution >= 0.6 is 27.7 Å². The highest BCUT2D eigenvalue weighted by Gasteiger charge is 2.54. The molecule has 160 valence electrons. The van der Waals surface area contributed by atoms with Gasteiger partial charge < -0.3 is 15.2 Å². The number of hydrogen-bond donors (Lipinski definition) is 3. The van der Waals surface area contributed by atoms with Crippen molar-refractivity contribution in [2.75, 3.05) is 12.4 Å². The van der Waals surface area contributed by atoms with E-state index in [2.05, 4.69) is 21.2 Å². The molecule has 1 aromatic rings. The normalized spacial score (nSPS) is 20.3. The van der Waals surface area contributed by atoms with Crippen molar-refractivity contribution in [3.63, 3.8) is 0 Å². The number of ether oxygens (including phenoxy) is 1. The number of nitrogens with one attached hydrogen (secondary N) is 2. The lowest BCUT2D eigenvalue weighted by molar-refractivity contribution is -0.151. The molecule has 0 unspecified atom stereocenters. The van der Waals surface area contributed by atoms with Crippen LogP contribution in [-0.4, -0.2) is 67.1 Å². The van der Waals surface area contributed by atoms with Crippen LogP contribution in [0.25, 0.3) is 0 Å².